The lowest BCUT2D eigenvalue weighted by Crippen LogP contribution is -2.19. The second-order valence-corrected chi connectivity index (χ2v) is 4.43. The molecule has 13 heavy (non-hydrogen) atoms. The first-order chi connectivity index (χ1) is 6.22. The smallest absolute Gasteiger partial charge is 0.00682 e. The highest BCUT2D eigenvalue weighted by Gasteiger charge is 2.19. The Kier molecular flexibility index (Phi) is 4.51. The van der Waals surface area contributed by atoms with Gasteiger partial charge in [0.1, 0.15) is 0 Å². The van der Waals surface area contributed by atoms with E-state index in [9.17, 15) is 0 Å². The lowest BCUT2D eigenvalue weighted by Gasteiger charge is -2.12. The van der Waals surface area contributed by atoms with Crippen molar-refractivity contribution in [3.05, 3.63) is 12.2 Å². The first kappa shape index (κ1) is 10.8. The molecule has 1 rings (SSSR count). The summed E-state index contributed by atoms with van der Waals surface area (Å²) in [5.74, 6) is 0.804. The summed E-state index contributed by atoms with van der Waals surface area (Å²) in [6.45, 7) is 9.77. The Bertz CT molecular complexity index is 159. The minimum absolute atomic E-state index is 0.804. The van der Waals surface area contributed by atoms with Gasteiger partial charge in [0.25, 0.3) is 0 Å². The molecule has 1 nitrogen and oxygen atoms in total. The van der Waals surface area contributed by atoms with Crippen molar-refractivity contribution in [2.75, 3.05) is 6.54 Å². The van der Waals surface area contributed by atoms with E-state index in [4.69, 9.17) is 0 Å². The molecule has 0 aliphatic heterocycles. The number of hydrogen-bond acceptors (Lipinski definition) is 1. The fourth-order valence-corrected chi connectivity index (χ4v) is 1.56. The maximum absolute atomic E-state index is 4.05. The molecule has 1 saturated carbocycles. The molecule has 0 radical (unpaired) electrons. The molecule has 0 aromatic rings. The molecule has 76 valence electrons. The molecule has 0 saturated heterocycles. The van der Waals surface area contributed by atoms with Crippen LogP contribution in [0.5, 0.6) is 0 Å². The quantitative estimate of drug-likeness (QED) is 0.595. The van der Waals surface area contributed by atoms with Crippen LogP contribution in [0, 0.1) is 5.92 Å². The molecule has 1 aliphatic rings. The van der Waals surface area contributed by atoms with Crippen LogP contribution in [0.2, 0.25) is 0 Å². The normalized spacial score (nSPS) is 18.6. The third kappa shape index (κ3) is 5.09. The number of allylic oxidation sites excluding steroid dienone is 1. The van der Waals surface area contributed by atoms with Crippen molar-refractivity contribution < 1.29 is 0 Å². The van der Waals surface area contributed by atoms with Gasteiger partial charge in [0.15, 0.2) is 0 Å². The van der Waals surface area contributed by atoms with Crippen molar-refractivity contribution in [2.45, 2.75) is 52.0 Å². The van der Waals surface area contributed by atoms with Crippen LogP contribution in [0.3, 0.4) is 0 Å². The molecule has 1 heteroatoms. The fourth-order valence-electron chi connectivity index (χ4n) is 1.56. The van der Waals surface area contributed by atoms with Gasteiger partial charge in [0.2, 0.25) is 0 Å². The summed E-state index contributed by atoms with van der Waals surface area (Å²) >= 11 is 0. The first-order valence-corrected chi connectivity index (χ1v) is 5.62. The van der Waals surface area contributed by atoms with Gasteiger partial charge in [-0.05, 0) is 44.6 Å². The van der Waals surface area contributed by atoms with Gasteiger partial charge >= 0.3 is 0 Å². The predicted octanol–water partition coefficient (Wildman–Crippen LogP) is 3.12. The minimum Gasteiger partial charge on any atom is -0.314 e. The number of nitrogens with one attached hydrogen (secondary N) is 1. The lowest BCUT2D eigenvalue weighted by atomic mass is 9.98. The van der Waals surface area contributed by atoms with Gasteiger partial charge in [-0.25, -0.2) is 0 Å². The average Bonchev–Trinajstić information content (AvgIpc) is 2.88. The van der Waals surface area contributed by atoms with Crippen LogP contribution in [0.15, 0.2) is 12.2 Å². The van der Waals surface area contributed by atoms with Crippen LogP contribution >= 0.6 is 0 Å². The van der Waals surface area contributed by atoms with Gasteiger partial charge in [0, 0.05) is 6.04 Å². The Labute approximate surface area is 82.6 Å². The number of rotatable bonds is 7. The zero-order chi connectivity index (χ0) is 9.68. The van der Waals surface area contributed by atoms with E-state index in [0.717, 1.165) is 18.4 Å². The van der Waals surface area contributed by atoms with Crippen molar-refractivity contribution in [3.8, 4) is 0 Å². The molecular weight excluding hydrogens is 158 g/mol. The summed E-state index contributed by atoms with van der Waals surface area (Å²) in [6, 6.07) is 0.863. The summed E-state index contributed by atoms with van der Waals surface area (Å²) in [5.41, 5.74) is 1.40. The molecule has 1 N–H and O–H groups in total. The molecule has 1 unspecified atom stereocenters. The van der Waals surface area contributed by atoms with E-state index in [1.165, 1.54) is 37.8 Å². The highest BCUT2D eigenvalue weighted by molar-refractivity contribution is 4.93. The standard InChI is InChI=1S/C12H23N/c1-4-10(2)9-11(3)7-8-13-12-5-6-12/h11-13H,2,4-9H2,1,3H3. The van der Waals surface area contributed by atoms with Gasteiger partial charge < -0.3 is 5.32 Å². The second-order valence-electron chi connectivity index (χ2n) is 4.43. The molecule has 0 amide bonds. The van der Waals surface area contributed by atoms with Gasteiger partial charge in [0.05, 0.1) is 0 Å². The highest BCUT2D eigenvalue weighted by Crippen LogP contribution is 2.20. The van der Waals surface area contributed by atoms with E-state index in [-0.39, 0.29) is 0 Å². The molecule has 1 fully saturated rings. The number of hydrogen-bond donors (Lipinski definition) is 1. The first-order valence-electron chi connectivity index (χ1n) is 5.62. The van der Waals surface area contributed by atoms with E-state index in [0.29, 0.717) is 0 Å². The summed E-state index contributed by atoms with van der Waals surface area (Å²) in [4.78, 5) is 0. The molecule has 0 aromatic carbocycles. The van der Waals surface area contributed by atoms with Crippen LogP contribution in [0.1, 0.15) is 46.0 Å². The molecule has 0 heterocycles. The van der Waals surface area contributed by atoms with Crippen LogP contribution in [0.4, 0.5) is 0 Å². The monoisotopic (exact) mass is 181 g/mol. The third-order valence-corrected chi connectivity index (χ3v) is 2.78. The van der Waals surface area contributed by atoms with Crippen molar-refractivity contribution in [3.63, 3.8) is 0 Å². The van der Waals surface area contributed by atoms with Crippen LogP contribution in [-0.4, -0.2) is 12.6 Å². The maximum atomic E-state index is 4.05. The predicted molar refractivity (Wildman–Crippen MR) is 58.9 cm³/mol. The SMILES string of the molecule is C=C(CC)CC(C)CCNC1CC1. The minimum atomic E-state index is 0.804. The van der Waals surface area contributed by atoms with E-state index in [1.54, 1.807) is 0 Å². The summed E-state index contributed by atoms with van der Waals surface area (Å²) < 4.78 is 0. The zero-order valence-electron chi connectivity index (χ0n) is 9.10. The average molecular weight is 181 g/mol. The molecule has 0 bridgehead atoms. The van der Waals surface area contributed by atoms with Crippen molar-refractivity contribution in [2.24, 2.45) is 5.92 Å². The topological polar surface area (TPSA) is 12.0 Å². The van der Waals surface area contributed by atoms with Gasteiger partial charge in [-0.1, -0.05) is 26.0 Å². The van der Waals surface area contributed by atoms with Gasteiger partial charge in [-0.15, -0.1) is 0 Å². The Balaban J connectivity index is 1.95. The molecular formula is C12H23N. The zero-order valence-corrected chi connectivity index (χ0v) is 9.10. The largest absolute Gasteiger partial charge is 0.314 e. The van der Waals surface area contributed by atoms with Crippen LogP contribution in [-0.2, 0) is 0 Å². The summed E-state index contributed by atoms with van der Waals surface area (Å²) in [5, 5.41) is 3.55. The van der Waals surface area contributed by atoms with E-state index in [1.807, 2.05) is 0 Å². The Morgan fingerprint density at radius 1 is 1.54 bits per heavy atom. The van der Waals surface area contributed by atoms with Crippen LogP contribution in [0.25, 0.3) is 0 Å². The lowest BCUT2D eigenvalue weighted by molar-refractivity contribution is 0.492. The maximum Gasteiger partial charge on any atom is 0.00682 e. The molecule has 0 spiro atoms. The molecule has 1 atom stereocenters. The third-order valence-electron chi connectivity index (χ3n) is 2.78. The molecule has 0 aromatic heterocycles. The Morgan fingerprint density at radius 3 is 2.77 bits per heavy atom. The Morgan fingerprint density at radius 2 is 2.23 bits per heavy atom. The van der Waals surface area contributed by atoms with Gasteiger partial charge in [-0.2, -0.15) is 0 Å². The fraction of sp³-hybridized carbons (Fsp3) is 0.833. The van der Waals surface area contributed by atoms with Gasteiger partial charge in [-0.3, -0.25) is 0 Å². The van der Waals surface area contributed by atoms with Crippen molar-refractivity contribution >= 4 is 0 Å². The second kappa shape index (κ2) is 5.43. The van der Waals surface area contributed by atoms with Crippen LogP contribution < -0.4 is 5.32 Å². The molecule has 1 aliphatic carbocycles. The highest BCUT2D eigenvalue weighted by atomic mass is 14.9. The van der Waals surface area contributed by atoms with E-state index < -0.39 is 0 Å². The Hall–Kier alpha value is -0.300. The van der Waals surface area contributed by atoms with E-state index in [2.05, 4.69) is 25.7 Å². The summed E-state index contributed by atoms with van der Waals surface area (Å²) in [6.07, 6.45) is 6.45. The summed E-state index contributed by atoms with van der Waals surface area (Å²) in [7, 11) is 0. The van der Waals surface area contributed by atoms with E-state index >= 15 is 0 Å². The van der Waals surface area contributed by atoms with Crippen molar-refractivity contribution in [1.29, 1.82) is 0 Å². The van der Waals surface area contributed by atoms with Crippen molar-refractivity contribution in [1.82, 2.24) is 5.32 Å².